The van der Waals surface area contributed by atoms with Crippen LogP contribution in [0.15, 0.2) is 30.9 Å². The van der Waals surface area contributed by atoms with Gasteiger partial charge in [0.2, 0.25) is 0 Å². The van der Waals surface area contributed by atoms with Gasteiger partial charge in [-0.1, -0.05) is 35.3 Å². The number of rotatable bonds is 5. The van der Waals surface area contributed by atoms with Crippen LogP contribution in [-0.4, -0.2) is 31.1 Å². The standard InChI is InChI=1S/C15H12Cl2N2O4S/c1-2-5-18-15(22)19-11(20)7-23-14(21)13-12(17)9-4-3-8(16)6-10(9)24-13/h2-4,6H,1,5,7H2,(H2,18,19,20,22). The highest BCUT2D eigenvalue weighted by atomic mass is 35.5. The van der Waals surface area contributed by atoms with Gasteiger partial charge in [-0.25, -0.2) is 9.59 Å². The summed E-state index contributed by atoms with van der Waals surface area (Å²) in [5.41, 5.74) is 0. The molecular formula is C15H12Cl2N2O4S. The summed E-state index contributed by atoms with van der Waals surface area (Å²) in [6, 6.07) is 4.34. The third-order valence-electron chi connectivity index (χ3n) is 2.77. The first-order valence-electron chi connectivity index (χ1n) is 6.65. The Kier molecular flexibility index (Phi) is 6.19. The third kappa shape index (κ3) is 4.47. The van der Waals surface area contributed by atoms with Gasteiger partial charge in [0.25, 0.3) is 5.91 Å². The molecule has 126 valence electrons. The molecule has 0 aliphatic rings. The molecule has 0 saturated heterocycles. The fourth-order valence-corrected chi connectivity index (χ4v) is 3.42. The van der Waals surface area contributed by atoms with Crippen molar-refractivity contribution < 1.29 is 19.1 Å². The Hall–Kier alpha value is -2.09. The molecular weight excluding hydrogens is 375 g/mol. The lowest BCUT2D eigenvalue weighted by atomic mass is 10.2. The molecule has 1 heterocycles. The van der Waals surface area contributed by atoms with Crippen molar-refractivity contribution >= 4 is 62.5 Å². The molecule has 0 saturated carbocycles. The second-order valence-electron chi connectivity index (χ2n) is 4.51. The molecule has 0 unspecified atom stereocenters. The van der Waals surface area contributed by atoms with Crippen molar-refractivity contribution in [1.82, 2.24) is 10.6 Å². The maximum absolute atomic E-state index is 12.1. The molecule has 2 rings (SSSR count). The van der Waals surface area contributed by atoms with Crippen LogP contribution >= 0.6 is 34.5 Å². The van der Waals surface area contributed by atoms with Gasteiger partial charge >= 0.3 is 12.0 Å². The zero-order chi connectivity index (χ0) is 17.7. The lowest BCUT2D eigenvalue weighted by Crippen LogP contribution is -2.41. The van der Waals surface area contributed by atoms with E-state index in [-0.39, 0.29) is 16.4 Å². The second-order valence-corrected chi connectivity index (χ2v) is 6.38. The third-order valence-corrected chi connectivity index (χ3v) is 4.64. The van der Waals surface area contributed by atoms with E-state index in [1.165, 1.54) is 6.08 Å². The summed E-state index contributed by atoms with van der Waals surface area (Å²) in [5, 5.41) is 5.79. The van der Waals surface area contributed by atoms with Crippen molar-refractivity contribution in [2.24, 2.45) is 0 Å². The predicted octanol–water partition coefficient (Wildman–Crippen LogP) is 3.38. The smallest absolute Gasteiger partial charge is 0.350 e. The zero-order valence-corrected chi connectivity index (χ0v) is 14.6. The molecule has 3 amide bonds. The Morgan fingerprint density at radius 1 is 1.29 bits per heavy atom. The highest BCUT2D eigenvalue weighted by Gasteiger charge is 2.20. The number of thiophene rings is 1. The van der Waals surface area contributed by atoms with Crippen molar-refractivity contribution in [3.63, 3.8) is 0 Å². The number of hydrogen-bond acceptors (Lipinski definition) is 5. The van der Waals surface area contributed by atoms with E-state index < -0.39 is 24.5 Å². The number of ether oxygens (including phenoxy) is 1. The number of amides is 3. The van der Waals surface area contributed by atoms with Gasteiger partial charge in [0, 0.05) is 21.7 Å². The van der Waals surface area contributed by atoms with E-state index in [4.69, 9.17) is 27.9 Å². The van der Waals surface area contributed by atoms with Crippen LogP contribution in [0.1, 0.15) is 9.67 Å². The Bertz CT molecular complexity index is 819. The average molecular weight is 387 g/mol. The van der Waals surface area contributed by atoms with Crippen LogP contribution in [-0.2, 0) is 9.53 Å². The molecule has 2 aromatic rings. The quantitative estimate of drug-likeness (QED) is 0.609. The number of fused-ring (bicyclic) bond motifs is 1. The largest absolute Gasteiger partial charge is 0.451 e. The van der Waals surface area contributed by atoms with E-state index >= 15 is 0 Å². The summed E-state index contributed by atoms with van der Waals surface area (Å²) < 4.78 is 5.61. The highest BCUT2D eigenvalue weighted by Crippen LogP contribution is 2.37. The van der Waals surface area contributed by atoms with Crippen molar-refractivity contribution in [3.8, 4) is 0 Å². The van der Waals surface area contributed by atoms with Crippen LogP contribution in [0.5, 0.6) is 0 Å². The number of urea groups is 1. The van der Waals surface area contributed by atoms with Gasteiger partial charge in [0.1, 0.15) is 4.88 Å². The minimum Gasteiger partial charge on any atom is -0.451 e. The topological polar surface area (TPSA) is 84.5 Å². The molecule has 1 aromatic heterocycles. The van der Waals surface area contributed by atoms with Crippen LogP contribution in [0.4, 0.5) is 4.79 Å². The Balaban J connectivity index is 1.98. The first-order chi connectivity index (χ1) is 11.4. The normalized spacial score (nSPS) is 10.2. The Morgan fingerprint density at radius 2 is 2.04 bits per heavy atom. The van der Waals surface area contributed by atoms with E-state index in [2.05, 4.69) is 11.9 Å². The van der Waals surface area contributed by atoms with Crippen LogP contribution in [0.25, 0.3) is 10.1 Å². The summed E-state index contributed by atoms with van der Waals surface area (Å²) in [4.78, 5) is 35.0. The van der Waals surface area contributed by atoms with Crippen molar-refractivity contribution in [1.29, 1.82) is 0 Å². The average Bonchev–Trinajstić information content (AvgIpc) is 2.86. The van der Waals surface area contributed by atoms with E-state index in [9.17, 15) is 14.4 Å². The molecule has 0 atom stereocenters. The van der Waals surface area contributed by atoms with Crippen LogP contribution < -0.4 is 10.6 Å². The van der Waals surface area contributed by atoms with E-state index in [1.54, 1.807) is 18.2 Å². The van der Waals surface area contributed by atoms with Gasteiger partial charge in [-0.2, -0.15) is 0 Å². The SMILES string of the molecule is C=CCNC(=O)NC(=O)COC(=O)c1sc2cc(Cl)ccc2c1Cl. The maximum atomic E-state index is 12.1. The van der Waals surface area contributed by atoms with Crippen molar-refractivity contribution in [2.75, 3.05) is 13.2 Å². The number of esters is 1. The minimum atomic E-state index is -0.759. The highest BCUT2D eigenvalue weighted by molar-refractivity contribution is 7.21. The van der Waals surface area contributed by atoms with Crippen LogP contribution in [0.3, 0.4) is 0 Å². The Morgan fingerprint density at radius 3 is 2.75 bits per heavy atom. The molecule has 0 bridgehead atoms. The molecule has 24 heavy (non-hydrogen) atoms. The lowest BCUT2D eigenvalue weighted by molar-refractivity contribution is -0.123. The number of carbonyl (C=O) groups is 3. The molecule has 2 N–H and O–H groups in total. The number of nitrogens with one attached hydrogen (secondary N) is 2. The predicted molar refractivity (Wildman–Crippen MR) is 93.9 cm³/mol. The van der Waals surface area contributed by atoms with Gasteiger partial charge in [-0.15, -0.1) is 17.9 Å². The molecule has 0 aliphatic heterocycles. The van der Waals surface area contributed by atoms with E-state index in [0.29, 0.717) is 10.4 Å². The van der Waals surface area contributed by atoms with Gasteiger partial charge < -0.3 is 10.1 Å². The number of imide groups is 1. The van der Waals surface area contributed by atoms with Gasteiger partial charge in [0.15, 0.2) is 6.61 Å². The van der Waals surface area contributed by atoms with Crippen molar-refractivity contribution in [2.45, 2.75) is 0 Å². The summed E-state index contributed by atoms with van der Waals surface area (Å²) in [5.74, 6) is -1.51. The van der Waals surface area contributed by atoms with Gasteiger partial charge in [-0.05, 0) is 12.1 Å². The summed E-state index contributed by atoms with van der Waals surface area (Å²) in [6.07, 6.45) is 1.46. The molecule has 0 aliphatic carbocycles. The van der Waals surface area contributed by atoms with Gasteiger partial charge in [-0.3, -0.25) is 10.1 Å². The number of benzene rings is 1. The monoisotopic (exact) mass is 386 g/mol. The first-order valence-corrected chi connectivity index (χ1v) is 8.23. The maximum Gasteiger partial charge on any atom is 0.350 e. The summed E-state index contributed by atoms with van der Waals surface area (Å²) in [6.45, 7) is 3.02. The molecule has 1 aromatic carbocycles. The zero-order valence-electron chi connectivity index (χ0n) is 12.2. The molecule has 6 nitrogen and oxygen atoms in total. The van der Waals surface area contributed by atoms with Crippen LogP contribution in [0, 0.1) is 0 Å². The first kappa shape index (κ1) is 18.3. The number of carbonyl (C=O) groups excluding carboxylic acids is 3. The molecule has 9 heteroatoms. The molecule has 0 spiro atoms. The minimum absolute atomic E-state index is 0.165. The molecule has 0 fully saturated rings. The van der Waals surface area contributed by atoms with Gasteiger partial charge in [0.05, 0.1) is 5.02 Å². The fourth-order valence-electron chi connectivity index (χ4n) is 1.74. The van der Waals surface area contributed by atoms with Crippen LogP contribution in [0.2, 0.25) is 10.0 Å². The number of hydrogen-bond donors (Lipinski definition) is 2. The van der Waals surface area contributed by atoms with E-state index in [0.717, 1.165) is 16.0 Å². The summed E-state index contributed by atoms with van der Waals surface area (Å²) in [7, 11) is 0. The fraction of sp³-hybridized carbons (Fsp3) is 0.133. The number of halogens is 2. The second kappa shape index (κ2) is 8.14. The molecule has 0 radical (unpaired) electrons. The summed E-state index contributed by atoms with van der Waals surface area (Å²) >= 11 is 13.2. The lowest BCUT2D eigenvalue weighted by Gasteiger charge is -2.05. The van der Waals surface area contributed by atoms with Crippen molar-refractivity contribution in [3.05, 3.63) is 45.8 Å². The van der Waals surface area contributed by atoms with E-state index in [1.807, 2.05) is 5.32 Å². The Labute approximate surface area is 151 Å².